The zero-order valence-electron chi connectivity index (χ0n) is 19.5. The van der Waals surface area contributed by atoms with E-state index in [0.717, 1.165) is 16.8 Å². The van der Waals surface area contributed by atoms with Crippen LogP contribution in [0, 0.1) is 11.3 Å². The summed E-state index contributed by atoms with van der Waals surface area (Å²) in [7, 11) is -3.80. The molecule has 0 bridgehead atoms. The fourth-order valence-electron chi connectivity index (χ4n) is 3.39. The van der Waals surface area contributed by atoms with Gasteiger partial charge in [0.2, 0.25) is 20.2 Å². The largest absolute Gasteiger partial charge is 0.490 e. The van der Waals surface area contributed by atoms with Crippen LogP contribution in [0.2, 0.25) is 0 Å². The molecule has 0 atom stereocenters. The molecule has 1 aromatic carbocycles. The Kier molecular flexibility index (Phi) is 7.43. The SMILES string of the molecule is CCOc1cc(/C=C2/C(=N)N3C(=NC2=O)SN=C3S(=O)(=O)CC(C)C)ccc1OC(=O)c1cccs1. The van der Waals surface area contributed by atoms with E-state index < -0.39 is 21.7 Å². The topological polar surface area (TPSA) is 139 Å². The first-order valence-electron chi connectivity index (χ1n) is 10.8. The first kappa shape index (κ1) is 25.8. The molecule has 0 aliphatic carbocycles. The third kappa shape index (κ3) is 5.27. The van der Waals surface area contributed by atoms with Crippen LogP contribution >= 0.6 is 23.3 Å². The van der Waals surface area contributed by atoms with Crippen molar-refractivity contribution in [2.24, 2.45) is 15.3 Å². The number of benzene rings is 1. The summed E-state index contributed by atoms with van der Waals surface area (Å²) in [6, 6.07) is 8.08. The number of nitrogens with zero attached hydrogens (tertiary/aromatic N) is 3. The number of ether oxygens (including phenoxy) is 2. The number of nitrogens with one attached hydrogen (secondary N) is 1. The monoisotopic (exact) mass is 546 g/mol. The van der Waals surface area contributed by atoms with Gasteiger partial charge in [0.15, 0.2) is 11.5 Å². The van der Waals surface area contributed by atoms with Gasteiger partial charge < -0.3 is 9.47 Å². The second-order valence-corrected chi connectivity index (χ2v) is 11.7. The molecule has 10 nitrogen and oxygen atoms in total. The molecule has 0 radical (unpaired) electrons. The molecule has 188 valence electrons. The molecule has 1 aromatic heterocycles. The van der Waals surface area contributed by atoms with Crippen molar-refractivity contribution in [3.8, 4) is 11.5 Å². The van der Waals surface area contributed by atoms with Crippen molar-refractivity contribution < 1.29 is 27.5 Å². The van der Waals surface area contributed by atoms with Crippen molar-refractivity contribution in [2.75, 3.05) is 12.4 Å². The van der Waals surface area contributed by atoms with E-state index in [0.29, 0.717) is 17.0 Å². The van der Waals surface area contributed by atoms with E-state index in [9.17, 15) is 18.0 Å². The number of thiophene rings is 1. The molecule has 2 aliphatic rings. The van der Waals surface area contributed by atoms with Crippen LogP contribution in [0.1, 0.15) is 36.0 Å². The first-order valence-corrected chi connectivity index (χ1v) is 14.1. The number of amidine groups is 3. The van der Waals surface area contributed by atoms with Gasteiger partial charge in [0.05, 0.1) is 29.9 Å². The van der Waals surface area contributed by atoms with Crippen molar-refractivity contribution in [1.29, 1.82) is 5.41 Å². The van der Waals surface area contributed by atoms with Crippen LogP contribution in [0.15, 0.2) is 50.7 Å². The highest BCUT2D eigenvalue weighted by atomic mass is 32.2. The van der Waals surface area contributed by atoms with E-state index in [2.05, 4.69) is 9.39 Å². The molecule has 36 heavy (non-hydrogen) atoms. The van der Waals surface area contributed by atoms with Gasteiger partial charge in [0.25, 0.3) is 5.91 Å². The summed E-state index contributed by atoms with van der Waals surface area (Å²) in [5, 5.41) is 10.1. The normalized spacial score (nSPS) is 16.8. The van der Waals surface area contributed by atoms with E-state index in [1.54, 1.807) is 50.4 Å². The maximum absolute atomic E-state index is 12.8. The third-order valence-electron chi connectivity index (χ3n) is 4.83. The number of hydrogen-bond acceptors (Lipinski definition) is 10. The van der Waals surface area contributed by atoms with Crippen molar-refractivity contribution >= 4 is 67.2 Å². The highest BCUT2D eigenvalue weighted by Crippen LogP contribution is 2.33. The van der Waals surface area contributed by atoms with E-state index in [4.69, 9.17) is 14.9 Å². The number of hydrogen-bond donors (Lipinski definition) is 1. The summed E-state index contributed by atoms with van der Waals surface area (Å²) in [5.41, 5.74) is 0.357. The Morgan fingerprint density at radius 2 is 2.03 bits per heavy atom. The van der Waals surface area contributed by atoms with Crippen LogP contribution in [0.3, 0.4) is 0 Å². The summed E-state index contributed by atoms with van der Waals surface area (Å²) < 4.78 is 40.7. The van der Waals surface area contributed by atoms with Crippen LogP contribution in [-0.2, 0) is 14.6 Å². The highest BCUT2D eigenvalue weighted by molar-refractivity contribution is 8.16. The summed E-state index contributed by atoms with van der Waals surface area (Å²) in [6.07, 6.45) is 1.41. The average molecular weight is 547 g/mol. The molecule has 0 unspecified atom stereocenters. The maximum Gasteiger partial charge on any atom is 0.353 e. The zero-order valence-corrected chi connectivity index (χ0v) is 22.0. The number of fused-ring (bicyclic) bond motifs is 1. The van der Waals surface area contributed by atoms with Gasteiger partial charge in [0.1, 0.15) is 10.7 Å². The fourth-order valence-corrected chi connectivity index (χ4v) is 6.72. The minimum absolute atomic E-state index is 0.0234. The van der Waals surface area contributed by atoms with Gasteiger partial charge in [0, 0.05) is 0 Å². The van der Waals surface area contributed by atoms with E-state index in [1.807, 2.05) is 0 Å². The smallest absolute Gasteiger partial charge is 0.353 e. The Morgan fingerprint density at radius 1 is 1.25 bits per heavy atom. The molecule has 0 saturated carbocycles. The van der Waals surface area contributed by atoms with Gasteiger partial charge in [-0.15, -0.1) is 11.3 Å². The van der Waals surface area contributed by atoms with E-state index in [1.165, 1.54) is 23.5 Å². The van der Waals surface area contributed by atoms with Crippen molar-refractivity contribution in [3.63, 3.8) is 0 Å². The average Bonchev–Trinajstić information content (AvgIpc) is 3.48. The Balaban J connectivity index is 1.65. The molecule has 13 heteroatoms. The molecular formula is C23H22N4O6S3. The van der Waals surface area contributed by atoms with Crippen LogP contribution in [0.25, 0.3) is 6.08 Å². The van der Waals surface area contributed by atoms with Crippen LogP contribution < -0.4 is 9.47 Å². The molecule has 0 fully saturated rings. The molecule has 1 amide bonds. The number of amides is 1. The Hall–Kier alpha value is -3.29. The summed E-state index contributed by atoms with van der Waals surface area (Å²) in [4.78, 5) is 30.5. The second-order valence-electron chi connectivity index (χ2n) is 8.09. The van der Waals surface area contributed by atoms with Crippen LogP contribution in [-0.4, -0.2) is 53.7 Å². The van der Waals surface area contributed by atoms with E-state index in [-0.39, 0.29) is 44.9 Å². The van der Waals surface area contributed by atoms with Crippen molar-refractivity contribution in [2.45, 2.75) is 20.8 Å². The zero-order chi connectivity index (χ0) is 26.0. The van der Waals surface area contributed by atoms with Gasteiger partial charge in [-0.05, 0) is 48.1 Å². The maximum atomic E-state index is 12.8. The number of sulfone groups is 1. The number of rotatable bonds is 7. The van der Waals surface area contributed by atoms with Crippen LogP contribution in [0.4, 0.5) is 0 Å². The van der Waals surface area contributed by atoms with Gasteiger partial charge in [-0.2, -0.15) is 9.39 Å². The third-order valence-corrected chi connectivity index (χ3v) is 8.43. The summed E-state index contributed by atoms with van der Waals surface area (Å²) in [6.45, 7) is 5.60. The standard InChI is InChI=1S/C23H22N4O6S3/c1-4-32-17-11-14(7-8-16(17)33-21(29)18-6-5-9-34-18)10-15-19(24)27-22(25-20(15)28)35-26-23(27)36(30,31)12-13(2)3/h5-11,13,24H,4,12H2,1-3H3/b15-10-,24-19?. The first-order chi connectivity index (χ1) is 17.1. The lowest BCUT2D eigenvalue weighted by molar-refractivity contribution is -0.114. The lowest BCUT2D eigenvalue weighted by Crippen LogP contribution is -2.46. The van der Waals surface area contributed by atoms with Gasteiger partial charge >= 0.3 is 5.97 Å². The predicted molar refractivity (Wildman–Crippen MR) is 141 cm³/mol. The van der Waals surface area contributed by atoms with Crippen molar-refractivity contribution in [1.82, 2.24) is 4.90 Å². The second kappa shape index (κ2) is 10.4. The minimum atomic E-state index is -3.80. The quantitative estimate of drug-likeness (QED) is 0.238. The molecule has 1 N–H and O–H groups in total. The highest BCUT2D eigenvalue weighted by Gasteiger charge is 2.42. The number of carbonyl (C=O) groups excluding carboxylic acids is 2. The molecule has 4 rings (SSSR count). The van der Waals surface area contributed by atoms with Gasteiger partial charge in [-0.25, -0.2) is 18.1 Å². The van der Waals surface area contributed by atoms with Gasteiger partial charge in [-0.1, -0.05) is 26.0 Å². The predicted octanol–water partition coefficient (Wildman–Crippen LogP) is 4.01. The molecule has 0 saturated heterocycles. The Morgan fingerprint density at radius 3 is 2.69 bits per heavy atom. The Labute approximate surface area is 216 Å². The molecule has 2 aromatic rings. The summed E-state index contributed by atoms with van der Waals surface area (Å²) in [5.74, 6) is -1.38. The van der Waals surface area contributed by atoms with Crippen LogP contribution in [0.5, 0.6) is 11.5 Å². The van der Waals surface area contributed by atoms with Gasteiger partial charge in [-0.3, -0.25) is 10.2 Å². The Bertz CT molecular complexity index is 1430. The lowest BCUT2D eigenvalue weighted by Gasteiger charge is -2.24. The fraction of sp³-hybridized carbons (Fsp3) is 0.261. The minimum Gasteiger partial charge on any atom is -0.490 e. The molecule has 3 heterocycles. The lowest BCUT2D eigenvalue weighted by atomic mass is 10.1. The number of aliphatic imine (C=N–C) groups is 1. The van der Waals surface area contributed by atoms with Crippen molar-refractivity contribution in [3.05, 3.63) is 51.7 Å². The molecule has 0 spiro atoms. The number of esters is 1. The van der Waals surface area contributed by atoms with E-state index >= 15 is 0 Å². The molecular weight excluding hydrogens is 524 g/mol. The summed E-state index contributed by atoms with van der Waals surface area (Å²) >= 11 is 2.00. The molecule has 2 aliphatic heterocycles. The number of carbonyl (C=O) groups is 2.